The fourth-order valence-corrected chi connectivity index (χ4v) is 5.44. The van der Waals surface area contributed by atoms with Crippen LogP contribution < -0.4 is 0 Å². The summed E-state index contributed by atoms with van der Waals surface area (Å²) in [6.07, 6.45) is 5.11. The van der Waals surface area contributed by atoms with Gasteiger partial charge in [0, 0.05) is 56.8 Å². The fourth-order valence-electron chi connectivity index (χ4n) is 5.44. The van der Waals surface area contributed by atoms with Gasteiger partial charge >= 0.3 is 0 Å². The summed E-state index contributed by atoms with van der Waals surface area (Å²) >= 11 is 0. The molecule has 2 aromatic carbocycles. The van der Waals surface area contributed by atoms with E-state index in [0.29, 0.717) is 12.0 Å². The van der Waals surface area contributed by atoms with Gasteiger partial charge in [0.2, 0.25) is 0 Å². The summed E-state index contributed by atoms with van der Waals surface area (Å²) in [5.41, 5.74) is 3.02. The summed E-state index contributed by atoms with van der Waals surface area (Å²) in [4.78, 5) is 22.3. The maximum absolute atomic E-state index is 13.3. The molecule has 2 fully saturated rings. The van der Waals surface area contributed by atoms with Crippen LogP contribution in [0, 0.1) is 5.92 Å². The normalized spacial score (nSPS) is 22.5. The Morgan fingerprint density at radius 1 is 1.00 bits per heavy atom. The number of methoxy groups -OCH3 is 1. The van der Waals surface area contributed by atoms with Crippen LogP contribution in [0.2, 0.25) is 0 Å². The average Bonchev–Trinajstić information content (AvgIpc) is 3.26. The third-order valence-corrected chi connectivity index (χ3v) is 7.20. The zero-order valence-electron chi connectivity index (χ0n) is 18.7. The third-order valence-electron chi connectivity index (χ3n) is 7.20. The number of hydrogen-bond donors (Lipinski definition) is 0. The van der Waals surface area contributed by atoms with Gasteiger partial charge in [-0.3, -0.25) is 14.7 Å². The van der Waals surface area contributed by atoms with E-state index in [0.717, 1.165) is 61.9 Å². The van der Waals surface area contributed by atoms with Crippen molar-refractivity contribution >= 4 is 16.8 Å². The highest BCUT2D eigenvalue weighted by molar-refractivity contribution is 6.05. The largest absolute Gasteiger partial charge is 0.380 e. The highest BCUT2D eigenvalue weighted by Gasteiger charge is 2.37. The molecule has 0 N–H and O–H groups in total. The van der Waals surface area contributed by atoms with Crippen molar-refractivity contribution in [2.45, 2.75) is 31.4 Å². The molecule has 2 atom stereocenters. The van der Waals surface area contributed by atoms with Crippen LogP contribution in [0.4, 0.5) is 0 Å². The molecule has 0 aliphatic carbocycles. The van der Waals surface area contributed by atoms with E-state index in [1.54, 1.807) is 6.20 Å². The maximum Gasteiger partial charge on any atom is 0.254 e. The minimum Gasteiger partial charge on any atom is -0.380 e. The van der Waals surface area contributed by atoms with Crippen molar-refractivity contribution in [3.63, 3.8) is 0 Å². The van der Waals surface area contributed by atoms with E-state index in [4.69, 9.17) is 4.74 Å². The fraction of sp³-hybridized carbons (Fsp3) is 0.407. The van der Waals surface area contributed by atoms with Gasteiger partial charge in [0.1, 0.15) is 0 Å². The number of hydrogen-bond acceptors (Lipinski definition) is 4. The van der Waals surface area contributed by atoms with Gasteiger partial charge in [0.25, 0.3) is 5.91 Å². The first-order valence-electron chi connectivity index (χ1n) is 11.7. The molecule has 0 unspecified atom stereocenters. The Kier molecular flexibility index (Phi) is 6.19. The number of pyridine rings is 1. The standard InChI is InChI=1S/C27H31N3O2/c1-32-26-19-30(18-21(26)17-20-7-3-2-4-8-20)22-12-15-29(16-13-22)27(31)24-11-14-28-25-10-6-5-9-23(24)25/h2-11,14,21-22,26H,12-13,15-19H2,1H3/t21-,26-/m1/s1. The Morgan fingerprint density at radius 2 is 1.75 bits per heavy atom. The molecule has 166 valence electrons. The SMILES string of the molecule is CO[C@@H]1CN(C2CCN(C(=O)c3ccnc4ccccc34)CC2)C[C@H]1Cc1ccccc1. The number of nitrogens with zero attached hydrogens (tertiary/aromatic N) is 3. The van der Waals surface area contributed by atoms with Crippen molar-refractivity contribution in [2.75, 3.05) is 33.3 Å². The van der Waals surface area contributed by atoms with Crippen molar-refractivity contribution in [3.05, 3.63) is 78.0 Å². The van der Waals surface area contributed by atoms with E-state index in [2.05, 4.69) is 40.2 Å². The second kappa shape index (κ2) is 9.39. The summed E-state index contributed by atoms with van der Waals surface area (Å²) in [7, 11) is 1.84. The molecule has 2 aliphatic heterocycles. The lowest BCUT2D eigenvalue weighted by molar-refractivity contribution is 0.0586. The van der Waals surface area contributed by atoms with Crippen LogP contribution in [-0.4, -0.2) is 66.1 Å². The quantitative estimate of drug-likeness (QED) is 0.614. The molecule has 1 aromatic heterocycles. The van der Waals surface area contributed by atoms with Crippen LogP contribution in [0.15, 0.2) is 66.9 Å². The molecule has 2 saturated heterocycles. The molecule has 0 spiro atoms. The van der Waals surface area contributed by atoms with Gasteiger partial charge in [-0.05, 0) is 37.0 Å². The molecule has 1 amide bonds. The Hall–Kier alpha value is -2.76. The number of likely N-dealkylation sites (tertiary alicyclic amines) is 2. The first-order chi connectivity index (χ1) is 15.7. The summed E-state index contributed by atoms with van der Waals surface area (Å²) < 4.78 is 5.86. The average molecular weight is 430 g/mol. The molecule has 0 radical (unpaired) electrons. The minimum atomic E-state index is 0.125. The van der Waals surface area contributed by atoms with Crippen molar-refractivity contribution in [1.82, 2.24) is 14.8 Å². The first-order valence-corrected chi connectivity index (χ1v) is 11.7. The number of fused-ring (bicyclic) bond motifs is 1. The van der Waals surface area contributed by atoms with Gasteiger partial charge in [0.15, 0.2) is 0 Å². The number of ether oxygens (including phenoxy) is 1. The van der Waals surface area contributed by atoms with Crippen LogP contribution in [0.3, 0.4) is 0 Å². The number of rotatable bonds is 5. The highest BCUT2D eigenvalue weighted by Crippen LogP contribution is 2.29. The number of carbonyl (C=O) groups excluding carboxylic acids is 1. The van der Waals surface area contributed by atoms with Crippen molar-refractivity contribution in [1.29, 1.82) is 0 Å². The summed E-state index contributed by atoms with van der Waals surface area (Å²) in [5.74, 6) is 0.644. The number of aromatic nitrogens is 1. The first kappa shape index (κ1) is 21.1. The van der Waals surface area contributed by atoms with E-state index in [1.807, 2.05) is 42.3 Å². The topological polar surface area (TPSA) is 45.7 Å². The molecule has 3 aromatic rings. The summed E-state index contributed by atoms with van der Waals surface area (Å²) in [6, 6.07) is 21.0. The van der Waals surface area contributed by atoms with Crippen molar-refractivity contribution in [2.24, 2.45) is 5.92 Å². The monoisotopic (exact) mass is 429 g/mol. The van der Waals surface area contributed by atoms with Crippen molar-refractivity contribution < 1.29 is 9.53 Å². The van der Waals surface area contributed by atoms with Gasteiger partial charge in [-0.15, -0.1) is 0 Å². The maximum atomic E-state index is 13.3. The second-order valence-corrected chi connectivity index (χ2v) is 9.08. The zero-order valence-corrected chi connectivity index (χ0v) is 18.7. The predicted octanol–water partition coefficient (Wildman–Crippen LogP) is 4.03. The molecule has 0 bridgehead atoms. The van der Waals surface area contributed by atoms with Gasteiger partial charge in [-0.1, -0.05) is 48.5 Å². The third kappa shape index (κ3) is 4.27. The van der Waals surface area contributed by atoms with Crippen LogP contribution in [0.5, 0.6) is 0 Å². The number of carbonyl (C=O) groups is 1. The van der Waals surface area contributed by atoms with E-state index in [-0.39, 0.29) is 12.0 Å². The van der Waals surface area contributed by atoms with Crippen molar-refractivity contribution in [3.8, 4) is 0 Å². The van der Waals surface area contributed by atoms with E-state index < -0.39 is 0 Å². The number of benzene rings is 2. The van der Waals surface area contributed by atoms with Gasteiger partial charge in [-0.25, -0.2) is 0 Å². The summed E-state index contributed by atoms with van der Waals surface area (Å²) in [5, 5.41) is 0.938. The molecule has 3 heterocycles. The molecule has 2 aliphatic rings. The van der Waals surface area contributed by atoms with Crippen LogP contribution in [-0.2, 0) is 11.2 Å². The highest BCUT2D eigenvalue weighted by atomic mass is 16.5. The van der Waals surface area contributed by atoms with E-state index >= 15 is 0 Å². The molecule has 5 rings (SSSR count). The van der Waals surface area contributed by atoms with Gasteiger partial charge in [-0.2, -0.15) is 0 Å². The Balaban J connectivity index is 1.21. The van der Waals surface area contributed by atoms with Gasteiger partial charge in [0.05, 0.1) is 17.2 Å². The summed E-state index contributed by atoms with van der Waals surface area (Å²) in [6.45, 7) is 3.66. The molecule has 5 heteroatoms. The minimum absolute atomic E-state index is 0.125. The lowest BCUT2D eigenvalue weighted by atomic mass is 9.96. The Labute approximate surface area is 190 Å². The van der Waals surface area contributed by atoms with E-state index in [1.165, 1.54) is 5.56 Å². The van der Waals surface area contributed by atoms with Crippen LogP contribution in [0.1, 0.15) is 28.8 Å². The molecular formula is C27H31N3O2. The lowest BCUT2D eigenvalue weighted by Crippen LogP contribution is -2.46. The van der Waals surface area contributed by atoms with Crippen LogP contribution in [0.25, 0.3) is 10.9 Å². The van der Waals surface area contributed by atoms with Crippen LogP contribution >= 0.6 is 0 Å². The Morgan fingerprint density at radius 3 is 2.53 bits per heavy atom. The zero-order chi connectivity index (χ0) is 21.9. The Bertz CT molecular complexity index is 1060. The molecule has 0 saturated carbocycles. The number of para-hydroxylation sites is 1. The number of piperidine rings is 1. The number of amides is 1. The second-order valence-electron chi connectivity index (χ2n) is 9.08. The van der Waals surface area contributed by atoms with Gasteiger partial charge < -0.3 is 9.64 Å². The predicted molar refractivity (Wildman–Crippen MR) is 127 cm³/mol. The molecule has 5 nitrogen and oxygen atoms in total. The van der Waals surface area contributed by atoms with E-state index in [9.17, 15) is 4.79 Å². The lowest BCUT2D eigenvalue weighted by Gasteiger charge is -2.37. The smallest absolute Gasteiger partial charge is 0.254 e. The molecular weight excluding hydrogens is 398 g/mol. The molecule has 32 heavy (non-hydrogen) atoms.